The van der Waals surface area contributed by atoms with Crippen molar-refractivity contribution in [2.24, 2.45) is 10.9 Å². The zero-order chi connectivity index (χ0) is 18.7. The lowest BCUT2D eigenvalue weighted by atomic mass is 10.1. The number of nitrogens with zero attached hydrogens (tertiary/aromatic N) is 2. The summed E-state index contributed by atoms with van der Waals surface area (Å²) in [6.07, 6.45) is -2.88. The van der Waals surface area contributed by atoms with Crippen molar-refractivity contribution >= 4 is 29.9 Å². The molecule has 0 amide bonds. The first-order chi connectivity index (χ1) is 12.4. The van der Waals surface area contributed by atoms with Crippen LogP contribution in [0, 0.1) is 5.92 Å². The summed E-state index contributed by atoms with van der Waals surface area (Å²) < 4.78 is 47.2. The lowest BCUT2D eigenvalue weighted by Gasteiger charge is -2.22. The van der Waals surface area contributed by atoms with Crippen molar-refractivity contribution in [1.82, 2.24) is 10.2 Å². The molecule has 3 unspecified atom stereocenters. The van der Waals surface area contributed by atoms with E-state index in [9.17, 15) is 13.2 Å². The standard InChI is InChI=1S/C18H24F3N3O2.HI/c1-22-17(24-8-7-12(10-24)11-25-2)23-15-9-14(15)13-5-3-4-6-16(13)26-18(19,20)21;/h3-6,12,14-15H,7-11H2,1-2H3,(H,22,23);1H. The monoisotopic (exact) mass is 499 g/mol. The van der Waals surface area contributed by atoms with Gasteiger partial charge in [0, 0.05) is 45.1 Å². The highest BCUT2D eigenvalue weighted by atomic mass is 127. The smallest absolute Gasteiger partial charge is 0.405 e. The maximum absolute atomic E-state index is 12.6. The summed E-state index contributed by atoms with van der Waals surface area (Å²) in [6.45, 7) is 2.50. The molecule has 3 atom stereocenters. The van der Waals surface area contributed by atoms with Crippen LogP contribution in [0.5, 0.6) is 5.75 Å². The zero-order valence-electron chi connectivity index (χ0n) is 15.3. The number of aliphatic imine (C=N–C) groups is 1. The fourth-order valence-corrected chi connectivity index (χ4v) is 3.56. The van der Waals surface area contributed by atoms with Gasteiger partial charge in [0.15, 0.2) is 5.96 Å². The molecule has 1 saturated carbocycles. The quantitative estimate of drug-likeness (QED) is 0.382. The van der Waals surface area contributed by atoms with E-state index >= 15 is 0 Å². The molecule has 0 aromatic heterocycles. The topological polar surface area (TPSA) is 46.1 Å². The van der Waals surface area contributed by atoms with Crippen molar-refractivity contribution in [2.75, 3.05) is 33.9 Å². The highest BCUT2D eigenvalue weighted by Gasteiger charge is 2.43. The largest absolute Gasteiger partial charge is 0.573 e. The first kappa shape index (κ1) is 22.1. The molecule has 152 valence electrons. The van der Waals surface area contributed by atoms with Gasteiger partial charge in [-0.3, -0.25) is 4.99 Å². The summed E-state index contributed by atoms with van der Waals surface area (Å²) in [6, 6.07) is 6.41. The second-order valence-corrected chi connectivity index (χ2v) is 6.78. The van der Waals surface area contributed by atoms with E-state index in [1.165, 1.54) is 6.07 Å². The second-order valence-electron chi connectivity index (χ2n) is 6.78. The van der Waals surface area contributed by atoms with E-state index in [2.05, 4.69) is 19.9 Å². The van der Waals surface area contributed by atoms with Gasteiger partial charge in [-0.1, -0.05) is 18.2 Å². The molecule has 0 spiro atoms. The Kier molecular flexibility index (Phi) is 7.61. The molecular weight excluding hydrogens is 474 g/mol. The molecule has 1 aromatic rings. The number of hydrogen-bond acceptors (Lipinski definition) is 3. The zero-order valence-corrected chi connectivity index (χ0v) is 17.7. The van der Waals surface area contributed by atoms with Crippen molar-refractivity contribution in [3.63, 3.8) is 0 Å². The van der Waals surface area contributed by atoms with Gasteiger partial charge < -0.3 is 19.7 Å². The van der Waals surface area contributed by atoms with E-state index in [1.807, 2.05) is 0 Å². The van der Waals surface area contributed by atoms with E-state index < -0.39 is 6.36 Å². The number of likely N-dealkylation sites (tertiary alicyclic amines) is 1. The van der Waals surface area contributed by atoms with Gasteiger partial charge in [-0.25, -0.2) is 0 Å². The molecule has 2 fully saturated rings. The number of rotatable bonds is 5. The SMILES string of the molecule is CN=C(NC1CC1c1ccccc1OC(F)(F)F)N1CCC(COC)C1.I. The summed E-state index contributed by atoms with van der Waals surface area (Å²) in [5.41, 5.74) is 0.580. The molecular formula is C18H25F3IN3O2. The summed E-state index contributed by atoms with van der Waals surface area (Å²) in [7, 11) is 3.43. The van der Waals surface area contributed by atoms with Crippen LogP contribution in [0.15, 0.2) is 29.3 Å². The third-order valence-electron chi connectivity index (χ3n) is 4.85. The molecule has 1 aliphatic carbocycles. The number of halogens is 4. The Bertz CT molecular complexity index is 657. The van der Waals surface area contributed by atoms with Crippen molar-refractivity contribution in [1.29, 1.82) is 0 Å². The summed E-state index contributed by atoms with van der Waals surface area (Å²) in [4.78, 5) is 6.51. The number of guanidine groups is 1. The van der Waals surface area contributed by atoms with Crippen LogP contribution < -0.4 is 10.1 Å². The predicted molar refractivity (Wildman–Crippen MR) is 108 cm³/mol. The van der Waals surface area contributed by atoms with E-state index in [0.29, 0.717) is 11.5 Å². The molecule has 3 rings (SSSR count). The average Bonchev–Trinajstić information content (AvgIpc) is 3.19. The third-order valence-corrected chi connectivity index (χ3v) is 4.85. The molecule has 0 bridgehead atoms. The molecule has 5 nitrogen and oxygen atoms in total. The average molecular weight is 499 g/mol. The van der Waals surface area contributed by atoms with Gasteiger partial charge in [-0.05, 0) is 24.5 Å². The summed E-state index contributed by atoms with van der Waals surface area (Å²) >= 11 is 0. The molecule has 0 radical (unpaired) electrons. The number of hydrogen-bond donors (Lipinski definition) is 1. The van der Waals surface area contributed by atoms with Crippen molar-refractivity contribution < 1.29 is 22.6 Å². The van der Waals surface area contributed by atoms with Crippen LogP contribution in [0.3, 0.4) is 0 Å². The van der Waals surface area contributed by atoms with Gasteiger partial charge in [0.25, 0.3) is 0 Å². The highest BCUT2D eigenvalue weighted by Crippen LogP contribution is 2.45. The fraction of sp³-hybridized carbons (Fsp3) is 0.611. The minimum absolute atomic E-state index is 0. The van der Waals surface area contributed by atoms with Crippen LogP contribution in [0.4, 0.5) is 13.2 Å². The Morgan fingerprint density at radius 2 is 2.07 bits per heavy atom. The number of ether oxygens (including phenoxy) is 2. The number of benzene rings is 1. The first-order valence-corrected chi connectivity index (χ1v) is 8.73. The Morgan fingerprint density at radius 1 is 1.33 bits per heavy atom. The molecule has 1 heterocycles. The van der Waals surface area contributed by atoms with Gasteiger partial charge >= 0.3 is 6.36 Å². The van der Waals surface area contributed by atoms with Crippen LogP contribution in [0.2, 0.25) is 0 Å². The van der Waals surface area contributed by atoms with Gasteiger partial charge in [0.05, 0.1) is 6.61 Å². The molecule has 2 aliphatic rings. The van der Waals surface area contributed by atoms with Crippen molar-refractivity contribution in [2.45, 2.75) is 31.2 Å². The number of para-hydroxylation sites is 1. The highest BCUT2D eigenvalue weighted by molar-refractivity contribution is 14.0. The number of nitrogens with one attached hydrogen (secondary N) is 1. The number of alkyl halides is 3. The van der Waals surface area contributed by atoms with Crippen LogP contribution in [0.25, 0.3) is 0 Å². The molecule has 1 N–H and O–H groups in total. The van der Waals surface area contributed by atoms with E-state index in [-0.39, 0.29) is 41.7 Å². The third kappa shape index (κ3) is 5.87. The lowest BCUT2D eigenvalue weighted by molar-refractivity contribution is -0.274. The fourth-order valence-electron chi connectivity index (χ4n) is 3.56. The van der Waals surface area contributed by atoms with E-state index in [1.54, 1.807) is 32.4 Å². The van der Waals surface area contributed by atoms with Gasteiger partial charge in [0.2, 0.25) is 0 Å². The van der Waals surface area contributed by atoms with Crippen molar-refractivity contribution in [3.8, 4) is 5.75 Å². The van der Waals surface area contributed by atoms with Crippen LogP contribution >= 0.6 is 24.0 Å². The molecule has 1 aliphatic heterocycles. The van der Waals surface area contributed by atoms with Crippen LogP contribution in [-0.4, -0.2) is 57.1 Å². The van der Waals surface area contributed by atoms with Crippen LogP contribution in [0.1, 0.15) is 24.3 Å². The Morgan fingerprint density at radius 3 is 2.74 bits per heavy atom. The maximum Gasteiger partial charge on any atom is 0.573 e. The van der Waals surface area contributed by atoms with Crippen LogP contribution in [-0.2, 0) is 4.74 Å². The molecule has 1 aromatic carbocycles. The number of methoxy groups -OCH3 is 1. The van der Waals surface area contributed by atoms with Gasteiger partial charge in [-0.15, -0.1) is 37.1 Å². The first-order valence-electron chi connectivity index (χ1n) is 8.73. The molecule has 9 heteroatoms. The predicted octanol–water partition coefficient (Wildman–Crippen LogP) is 3.60. The minimum atomic E-state index is -4.68. The Hall–Kier alpha value is -1.23. The molecule has 1 saturated heterocycles. The normalized spacial score (nSPS) is 25.1. The lowest BCUT2D eigenvalue weighted by Crippen LogP contribution is -2.41. The van der Waals surface area contributed by atoms with E-state index in [4.69, 9.17) is 4.74 Å². The minimum Gasteiger partial charge on any atom is -0.405 e. The van der Waals surface area contributed by atoms with Crippen molar-refractivity contribution in [3.05, 3.63) is 29.8 Å². The summed E-state index contributed by atoms with van der Waals surface area (Å²) in [5.74, 6) is 1.15. The van der Waals surface area contributed by atoms with Gasteiger partial charge in [-0.2, -0.15) is 0 Å². The summed E-state index contributed by atoms with van der Waals surface area (Å²) in [5, 5.41) is 3.38. The molecule has 27 heavy (non-hydrogen) atoms. The van der Waals surface area contributed by atoms with Gasteiger partial charge in [0.1, 0.15) is 5.75 Å². The Labute approximate surface area is 174 Å². The second kappa shape index (κ2) is 9.31. The Balaban J connectivity index is 0.00000261. The van der Waals surface area contributed by atoms with E-state index in [0.717, 1.165) is 38.5 Å². The maximum atomic E-state index is 12.6.